The van der Waals surface area contributed by atoms with E-state index >= 15 is 0 Å². The number of carbonyl (C=O) groups excluding carboxylic acids is 1. The predicted octanol–water partition coefficient (Wildman–Crippen LogP) is 2.83. The molecule has 0 radical (unpaired) electrons. The van der Waals surface area contributed by atoms with Crippen LogP contribution in [0, 0.1) is 5.92 Å². The van der Waals surface area contributed by atoms with E-state index in [2.05, 4.69) is 10.6 Å². The number of hydrogen-bond donors (Lipinski definition) is 2. The molecule has 2 rings (SSSR count). The van der Waals surface area contributed by atoms with Gasteiger partial charge in [-0.25, -0.2) is 0 Å². The van der Waals surface area contributed by atoms with Gasteiger partial charge in [0, 0.05) is 12.1 Å². The van der Waals surface area contributed by atoms with E-state index in [0.717, 1.165) is 30.9 Å². The van der Waals surface area contributed by atoms with Crippen molar-refractivity contribution in [3.63, 3.8) is 0 Å². The molecule has 1 heterocycles. The molecule has 1 saturated heterocycles. The Balaban J connectivity index is 0.00000200. The molecule has 1 aromatic rings. The summed E-state index contributed by atoms with van der Waals surface area (Å²) >= 11 is 0. The standard InChI is InChI=1S/C15H22N2O2.ClH/c1-11(2)19-14-5-3-13(4-6-14)17-15(18)9-12-7-8-16-10-12;/h3-6,11-12,16H,7-10H2,1-2H3,(H,17,18);1H. The van der Waals surface area contributed by atoms with Gasteiger partial charge in [0.15, 0.2) is 0 Å². The van der Waals surface area contributed by atoms with E-state index in [1.165, 1.54) is 0 Å². The summed E-state index contributed by atoms with van der Waals surface area (Å²) in [4.78, 5) is 11.9. The molecule has 112 valence electrons. The van der Waals surface area contributed by atoms with Gasteiger partial charge in [-0.1, -0.05) is 0 Å². The number of benzene rings is 1. The predicted molar refractivity (Wildman–Crippen MR) is 83.7 cm³/mol. The monoisotopic (exact) mass is 298 g/mol. The van der Waals surface area contributed by atoms with Gasteiger partial charge in [-0.05, 0) is 63.5 Å². The maximum Gasteiger partial charge on any atom is 0.224 e. The molecular formula is C15H23ClN2O2. The number of ether oxygens (including phenoxy) is 1. The summed E-state index contributed by atoms with van der Waals surface area (Å²) in [6, 6.07) is 7.52. The fourth-order valence-electron chi connectivity index (χ4n) is 2.25. The van der Waals surface area contributed by atoms with E-state index in [9.17, 15) is 4.79 Å². The van der Waals surface area contributed by atoms with E-state index in [4.69, 9.17) is 4.74 Å². The number of nitrogens with one attached hydrogen (secondary N) is 2. The fraction of sp³-hybridized carbons (Fsp3) is 0.533. The summed E-state index contributed by atoms with van der Waals surface area (Å²) in [7, 11) is 0. The van der Waals surface area contributed by atoms with Crippen LogP contribution in [0.25, 0.3) is 0 Å². The summed E-state index contributed by atoms with van der Waals surface area (Å²) in [6.45, 7) is 5.96. The minimum atomic E-state index is 0. The number of hydrogen-bond acceptors (Lipinski definition) is 3. The lowest BCUT2D eigenvalue weighted by Gasteiger charge is -2.11. The van der Waals surface area contributed by atoms with Gasteiger partial charge in [-0.15, -0.1) is 12.4 Å². The van der Waals surface area contributed by atoms with Gasteiger partial charge in [0.25, 0.3) is 0 Å². The van der Waals surface area contributed by atoms with Crippen molar-refractivity contribution in [2.24, 2.45) is 5.92 Å². The molecule has 0 bridgehead atoms. The molecule has 1 aliphatic rings. The molecule has 1 atom stereocenters. The Morgan fingerprint density at radius 2 is 2.10 bits per heavy atom. The number of halogens is 1. The highest BCUT2D eigenvalue weighted by Gasteiger charge is 2.17. The molecule has 0 spiro atoms. The van der Waals surface area contributed by atoms with Gasteiger partial charge < -0.3 is 15.4 Å². The lowest BCUT2D eigenvalue weighted by molar-refractivity contribution is -0.116. The molecule has 0 aromatic heterocycles. The van der Waals surface area contributed by atoms with E-state index < -0.39 is 0 Å². The van der Waals surface area contributed by atoms with Gasteiger partial charge in [0.2, 0.25) is 5.91 Å². The largest absolute Gasteiger partial charge is 0.491 e. The molecule has 0 saturated carbocycles. The first-order valence-electron chi connectivity index (χ1n) is 6.91. The molecule has 1 unspecified atom stereocenters. The average Bonchev–Trinajstić information content (AvgIpc) is 2.83. The summed E-state index contributed by atoms with van der Waals surface area (Å²) < 4.78 is 5.56. The third-order valence-electron chi connectivity index (χ3n) is 3.15. The van der Waals surface area contributed by atoms with Crippen LogP contribution in [0.2, 0.25) is 0 Å². The van der Waals surface area contributed by atoms with Crippen molar-refractivity contribution in [2.75, 3.05) is 18.4 Å². The minimum Gasteiger partial charge on any atom is -0.491 e. The average molecular weight is 299 g/mol. The number of anilines is 1. The molecule has 0 aliphatic carbocycles. The quantitative estimate of drug-likeness (QED) is 0.879. The van der Waals surface area contributed by atoms with Crippen LogP contribution in [0.1, 0.15) is 26.7 Å². The number of amides is 1. The zero-order valence-electron chi connectivity index (χ0n) is 12.0. The zero-order chi connectivity index (χ0) is 13.7. The van der Waals surface area contributed by atoms with Crippen molar-refractivity contribution < 1.29 is 9.53 Å². The molecule has 5 heteroatoms. The van der Waals surface area contributed by atoms with E-state index in [0.29, 0.717) is 12.3 Å². The Morgan fingerprint density at radius 1 is 1.40 bits per heavy atom. The lowest BCUT2D eigenvalue weighted by atomic mass is 10.0. The fourth-order valence-corrected chi connectivity index (χ4v) is 2.25. The molecule has 4 nitrogen and oxygen atoms in total. The lowest BCUT2D eigenvalue weighted by Crippen LogP contribution is -2.18. The van der Waals surface area contributed by atoms with Crippen LogP contribution in [0.3, 0.4) is 0 Å². The summed E-state index contributed by atoms with van der Waals surface area (Å²) in [5, 5.41) is 6.20. The van der Waals surface area contributed by atoms with Gasteiger partial charge >= 0.3 is 0 Å². The van der Waals surface area contributed by atoms with Crippen molar-refractivity contribution in [3.05, 3.63) is 24.3 Å². The molecular weight excluding hydrogens is 276 g/mol. The Labute approximate surface area is 126 Å². The smallest absolute Gasteiger partial charge is 0.224 e. The van der Waals surface area contributed by atoms with Crippen molar-refractivity contribution in [1.82, 2.24) is 5.32 Å². The van der Waals surface area contributed by atoms with Gasteiger partial charge in [-0.2, -0.15) is 0 Å². The van der Waals surface area contributed by atoms with Crippen LogP contribution >= 0.6 is 12.4 Å². The van der Waals surface area contributed by atoms with Crippen LogP contribution in [-0.2, 0) is 4.79 Å². The summed E-state index contributed by atoms with van der Waals surface area (Å²) in [6.07, 6.45) is 1.85. The molecule has 1 amide bonds. The van der Waals surface area contributed by atoms with Crippen molar-refractivity contribution in [3.8, 4) is 5.75 Å². The van der Waals surface area contributed by atoms with Crippen LogP contribution < -0.4 is 15.4 Å². The Morgan fingerprint density at radius 3 is 2.65 bits per heavy atom. The molecule has 1 fully saturated rings. The van der Waals surface area contributed by atoms with Crippen LogP contribution in [0.15, 0.2) is 24.3 Å². The van der Waals surface area contributed by atoms with E-state index in [-0.39, 0.29) is 24.4 Å². The molecule has 1 aliphatic heterocycles. The maximum absolute atomic E-state index is 11.9. The van der Waals surface area contributed by atoms with Crippen molar-refractivity contribution >= 4 is 24.0 Å². The third kappa shape index (κ3) is 5.39. The van der Waals surface area contributed by atoms with E-state index in [1.54, 1.807) is 0 Å². The number of rotatable bonds is 5. The Kier molecular flexibility index (Phi) is 6.82. The first-order valence-corrected chi connectivity index (χ1v) is 6.91. The normalized spacial score (nSPS) is 17.6. The molecule has 1 aromatic carbocycles. The SMILES string of the molecule is CC(C)Oc1ccc(NC(=O)CC2CCNC2)cc1.Cl. The molecule has 20 heavy (non-hydrogen) atoms. The zero-order valence-corrected chi connectivity index (χ0v) is 12.8. The summed E-state index contributed by atoms with van der Waals surface area (Å²) in [5.41, 5.74) is 0.826. The summed E-state index contributed by atoms with van der Waals surface area (Å²) in [5.74, 6) is 1.39. The van der Waals surface area contributed by atoms with Crippen LogP contribution in [0.5, 0.6) is 5.75 Å². The highest BCUT2D eigenvalue weighted by atomic mass is 35.5. The second-order valence-corrected chi connectivity index (χ2v) is 5.30. The Hall–Kier alpha value is -1.26. The highest BCUT2D eigenvalue weighted by Crippen LogP contribution is 2.18. The first kappa shape index (κ1) is 16.8. The minimum absolute atomic E-state index is 0. The van der Waals surface area contributed by atoms with Crippen LogP contribution in [-0.4, -0.2) is 25.1 Å². The third-order valence-corrected chi connectivity index (χ3v) is 3.15. The topological polar surface area (TPSA) is 50.4 Å². The Bertz CT molecular complexity index is 414. The van der Waals surface area contributed by atoms with Crippen molar-refractivity contribution in [2.45, 2.75) is 32.8 Å². The second-order valence-electron chi connectivity index (χ2n) is 5.30. The van der Waals surface area contributed by atoms with Crippen LogP contribution in [0.4, 0.5) is 5.69 Å². The molecule has 2 N–H and O–H groups in total. The van der Waals surface area contributed by atoms with Crippen molar-refractivity contribution in [1.29, 1.82) is 0 Å². The van der Waals surface area contributed by atoms with Gasteiger partial charge in [-0.3, -0.25) is 4.79 Å². The first-order chi connectivity index (χ1) is 9.13. The van der Waals surface area contributed by atoms with Gasteiger partial charge in [0.1, 0.15) is 5.75 Å². The second kappa shape index (κ2) is 8.12. The van der Waals surface area contributed by atoms with Gasteiger partial charge in [0.05, 0.1) is 6.10 Å². The van der Waals surface area contributed by atoms with E-state index in [1.807, 2.05) is 38.1 Å². The highest BCUT2D eigenvalue weighted by molar-refractivity contribution is 5.90. The number of carbonyl (C=O) groups is 1. The maximum atomic E-state index is 11.9.